The fraction of sp³-hybridized carbons (Fsp3) is 0.0714. The molecule has 19 heavy (non-hydrogen) atoms. The van der Waals surface area contributed by atoms with Crippen LogP contribution in [0.25, 0.3) is 10.9 Å². The Morgan fingerprint density at radius 3 is 2.68 bits per heavy atom. The number of aromatic nitrogens is 3. The summed E-state index contributed by atoms with van der Waals surface area (Å²) in [5.74, 6) is 1.37. The van der Waals surface area contributed by atoms with Gasteiger partial charge >= 0.3 is 0 Å². The highest BCUT2D eigenvalue weighted by Gasteiger charge is 2.00. The molecule has 3 aromatic rings. The first-order valence-corrected chi connectivity index (χ1v) is 5.83. The van der Waals surface area contributed by atoms with Gasteiger partial charge < -0.3 is 10.1 Å². The minimum Gasteiger partial charge on any atom is -0.497 e. The zero-order valence-corrected chi connectivity index (χ0v) is 10.4. The first kappa shape index (κ1) is 11.4. The van der Waals surface area contributed by atoms with Gasteiger partial charge in [-0.05, 0) is 30.3 Å². The Morgan fingerprint density at radius 2 is 1.89 bits per heavy atom. The average Bonchev–Trinajstić information content (AvgIpc) is 2.48. The summed E-state index contributed by atoms with van der Waals surface area (Å²) >= 11 is 0. The molecule has 94 valence electrons. The molecular weight excluding hydrogens is 240 g/mol. The van der Waals surface area contributed by atoms with Crippen molar-refractivity contribution in [1.29, 1.82) is 0 Å². The number of ether oxygens (including phenoxy) is 1. The third kappa shape index (κ3) is 2.44. The Labute approximate surface area is 110 Å². The number of hydrogen-bond donors (Lipinski definition) is 1. The summed E-state index contributed by atoms with van der Waals surface area (Å²) in [6.45, 7) is 0. The van der Waals surface area contributed by atoms with E-state index >= 15 is 0 Å². The van der Waals surface area contributed by atoms with Crippen LogP contribution in [0.3, 0.4) is 0 Å². The molecule has 2 heterocycles. The maximum absolute atomic E-state index is 5.11. The smallest absolute Gasteiger partial charge is 0.227 e. The van der Waals surface area contributed by atoms with Gasteiger partial charge in [0.2, 0.25) is 5.95 Å². The topological polar surface area (TPSA) is 59.9 Å². The van der Waals surface area contributed by atoms with Gasteiger partial charge in [-0.25, -0.2) is 9.97 Å². The van der Waals surface area contributed by atoms with Gasteiger partial charge in [-0.2, -0.15) is 0 Å². The highest BCUT2D eigenvalue weighted by molar-refractivity contribution is 5.77. The normalized spacial score (nSPS) is 10.4. The van der Waals surface area contributed by atoms with Gasteiger partial charge in [0.15, 0.2) is 0 Å². The Balaban J connectivity index is 1.87. The molecule has 3 rings (SSSR count). The summed E-state index contributed by atoms with van der Waals surface area (Å²) in [5.41, 5.74) is 1.77. The maximum atomic E-state index is 5.11. The molecule has 0 saturated heterocycles. The van der Waals surface area contributed by atoms with Crippen molar-refractivity contribution in [3.63, 3.8) is 0 Å². The van der Waals surface area contributed by atoms with Crippen molar-refractivity contribution in [3.05, 3.63) is 48.9 Å². The van der Waals surface area contributed by atoms with Crippen LogP contribution in [0.5, 0.6) is 5.75 Å². The molecule has 0 amide bonds. The number of fused-ring (bicyclic) bond motifs is 1. The second-order valence-electron chi connectivity index (χ2n) is 3.98. The number of anilines is 2. The summed E-state index contributed by atoms with van der Waals surface area (Å²) in [7, 11) is 1.64. The van der Waals surface area contributed by atoms with E-state index in [4.69, 9.17) is 4.74 Å². The third-order valence-electron chi connectivity index (χ3n) is 2.73. The number of methoxy groups -OCH3 is 1. The highest BCUT2D eigenvalue weighted by Crippen LogP contribution is 2.18. The van der Waals surface area contributed by atoms with Crippen molar-refractivity contribution in [2.24, 2.45) is 0 Å². The standard InChI is InChI=1S/C14H12N4O/c1-19-12-4-2-11(3-5-12)17-14-16-9-10-8-15-7-6-13(10)18-14/h2-9H,1H3,(H,16,17,18). The number of rotatable bonds is 3. The van der Waals surface area contributed by atoms with Crippen LogP contribution in [0.2, 0.25) is 0 Å². The molecule has 5 nitrogen and oxygen atoms in total. The number of hydrogen-bond acceptors (Lipinski definition) is 5. The summed E-state index contributed by atoms with van der Waals surface area (Å²) in [6.07, 6.45) is 5.21. The number of benzene rings is 1. The molecule has 0 bridgehead atoms. The molecule has 2 aromatic heterocycles. The monoisotopic (exact) mass is 252 g/mol. The van der Waals surface area contributed by atoms with Gasteiger partial charge in [0.05, 0.1) is 12.6 Å². The number of nitrogens with one attached hydrogen (secondary N) is 1. The first-order valence-electron chi connectivity index (χ1n) is 5.83. The van der Waals surface area contributed by atoms with Crippen molar-refractivity contribution >= 4 is 22.5 Å². The minimum atomic E-state index is 0.559. The fourth-order valence-electron chi connectivity index (χ4n) is 1.74. The summed E-state index contributed by atoms with van der Waals surface area (Å²) in [6, 6.07) is 9.45. The second kappa shape index (κ2) is 4.89. The van der Waals surface area contributed by atoms with E-state index in [2.05, 4.69) is 20.3 Å². The molecule has 0 radical (unpaired) electrons. The molecule has 0 atom stereocenters. The molecular formula is C14H12N4O. The Kier molecular flexibility index (Phi) is 2.94. The lowest BCUT2D eigenvalue weighted by Crippen LogP contribution is -1.97. The van der Waals surface area contributed by atoms with Crippen LogP contribution in [-0.4, -0.2) is 22.1 Å². The van der Waals surface area contributed by atoms with Crippen LogP contribution in [0, 0.1) is 0 Å². The van der Waals surface area contributed by atoms with Crippen molar-refractivity contribution in [3.8, 4) is 5.75 Å². The molecule has 0 aliphatic rings. The maximum Gasteiger partial charge on any atom is 0.227 e. The largest absolute Gasteiger partial charge is 0.497 e. The molecule has 1 aromatic carbocycles. The molecule has 0 aliphatic heterocycles. The van der Waals surface area contributed by atoms with Crippen molar-refractivity contribution in [2.75, 3.05) is 12.4 Å². The van der Waals surface area contributed by atoms with Gasteiger partial charge in [-0.1, -0.05) is 0 Å². The van der Waals surface area contributed by atoms with Crippen LogP contribution >= 0.6 is 0 Å². The Morgan fingerprint density at radius 1 is 1.05 bits per heavy atom. The molecule has 0 unspecified atom stereocenters. The number of pyridine rings is 1. The van der Waals surface area contributed by atoms with Crippen LogP contribution in [0.4, 0.5) is 11.6 Å². The van der Waals surface area contributed by atoms with Crippen molar-refractivity contribution in [1.82, 2.24) is 15.0 Å². The molecule has 0 saturated carbocycles. The summed E-state index contributed by atoms with van der Waals surface area (Å²) < 4.78 is 5.11. The molecule has 0 spiro atoms. The second-order valence-corrected chi connectivity index (χ2v) is 3.98. The van der Waals surface area contributed by atoms with E-state index in [-0.39, 0.29) is 0 Å². The first-order chi connectivity index (χ1) is 9.35. The van der Waals surface area contributed by atoms with Crippen LogP contribution in [0.15, 0.2) is 48.9 Å². The van der Waals surface area contributed by atoms with Gasteiger partial charge in [-0.15, -0.1) is 0 Å². The lowest BCUT2D eigenvalue weighted by Gasteiger charge is -2.06. The van der Waals surface area contributed by atoms with Crippen molar-refractivity contribution < 1.29 is 4.74 Å². The summed E-state index contributed by atoms with van der Waals surface area (Å²) in [5, 5.41) is 4.07. The fourth-order valence-corrected chi connectivity index (χ4v) is 1.74. The zero-order valence-electron chi connectivity index (χ0n) is 10.4. The van der Waals surface area contributed by atoms with E-state index < -0.39 is 0 Å². The van der Waals surface area contributed by atoms with Gasteiger partial charge in [-0.3, -0.25) is 4.98 Å². The third-order valence-corrected chi connectivity index (χ3v) is 2.73. The van der Waals surface area contributed by atoms with Crippen LogP contribution < -0.4 is 10.1 Å². The predicted octanol–water partition coefficient (Wildman–Crippen LogP) is 2.78. The average molecular weight is 252 g/mol. The van der Waals surface area contributed by atoms with Gasteiger partial charge in [0, 0.05) is 29.7 Å². The predicted molar refractivity (Wildman–Crippen MR) is 73.6 cm³/mol. The van der Waals surface area contributed by atoms with E-state index in [1.807, 2.05) is 30.3 Å². The van der Waals surface area contributed by atoms with E-state index in [1.165, 1.54) is 0 Å². The van der Waals surface area contributed by atoms with Gasteiger partial charge in [0.25, 0.3) is 0 Å². The van der Waals surface area contributed by atoms with E-state index in [0.29, 0.717) is 5.95 Å². The Bertz CT molecular complexity index is 697. The Hall–Kier alpha value is -2.69. The quantitative estimate of drug-likeness (QED) is 0.776. The lowest BCUT2D eigenvalue weighted by molar-refractivity contribution is 0.415. The highest BCUT2D eigenvalue weighted by atomic mass is 16.5. The van der Waals surface area contributed by atoms with E-state index in [9.17, 15) is 0 Å². The SMILES string of the molecule is COc1ccc(Nc2ncc3cnccc3n2)cc1. The minimum absolute atomic E-state index is 0.559. The van der Waals surface area contributed by atoms with Crippen LogP contribution in [0.1, 0.15) is 0 Å². The van der Waals surface area contributed by atoms with Crippen LogP contribution in [-0.2, 0) is 0 Å². The lowest BCUT2D eigenvalue weighted by atomic mass is 10.3. The van der Waals surface area contributed by atoms with E-state index in [1.54, 1.807) is 25.7 Å². The molecule has 0 aliphatic carbocycles. The van der Waals surface area contributed by atoms with Gasteiger partial charge in [0.1, 0.15) is 5.75 Å². The van der Waals surface area contributed by atoms with E-state index in [0.717, 1.165) is 22.3 Å². The molecule has 5 heteroatoms. The number of nitrogens with zero attached hydrogens (tertiary/aromatic N) is 3. The summed E-state index contributed by atoms with van der Waals surface area (Å²) in [4.78, 5) is 12.7. The zero-order chi connectivity index (χ0) is 13.1. The molecule has 1 N–H and O–H groups in total. The van der Waals surface area contributed by atoms with Crippen molar-refractivity contribution in [2.45, 2.75) is 0 Å². The molecule has 0 fully saturated rings.